The normalized spacial score (nSPS) is 13.6. The monoisotopic (exact) mass is 382 g/mol. The summed E-state index contributed by atoms with van der Waals surface area (Å²) in [7, 11) is 1.79. The lowest BCUT2D eigenvalue weighted by atomic mass is 10.1. The molecule has 2 atom stereocenters. The van der Waals surface area contributed by atoms with E-state index in [-0.39, 0.29) is 17.9 Å². The number of esters is 1. The second-order valence-corrected chi connectivity index (χ2v) is 7.45. The first-order valence-corrected chi connectivity index (χ1v) is 10.9. The van der Waals surface area contributed by atoms with Crippen LogP contribution in [0.3, 0.4) is 0 Å². The summed E-state index contributed by atoms with van der Waals surface area (Å²) in [5.74, 6) is -0.371. The lowest BCUT2D eigenvalue weighted by Crippen LogP contribution is -2.21. The van der Waals surface area contributed by atoms with Crippen molar-refractivity contribution in [2.75, 3.05) is 7.11 Å². The molecule has 0 amide bonds. The summed E-state index contributed by atoms with van der Waals surface area (Å²) in [6.07, 6.45) is 18.6. The van der Waals surface area contributed by atoms with Gasteiger partial charge in [0, 0.05) is 13.5 Å². The van der Waals surface area contributed by atoms with Crippen molar-refractivity contribution in [3.8, 4) is 0 Å². The maximum absolute atomic E-state index is 11.6. The van der Waals surface area contributed by atoms with Gasteiger partial charge in [-0.25, -0.2) is 0 Å². The number of Topliss-reactive ketones (excluding diaryl/α,β-unsaturated/α-hetero) is 1. The van der Waals surface area contributed by atoms with Crippen LogP contribution in [0.1, 0.15) is 104 Å². The fourth-order valence-corrected chi connectivity index (χ4v) is 2.89. The Hall–Kier alpha value is -1.16. The first kappa shape index (κ1) is 25.8. The van der Waals surface area contributed by atoms with Crippen LogP contribution in [0, 0.1) is 0 Å². The third-order valence-corrected chi connectivity index (χ3v) is 4.88. The largest absolute Gasteiger partial charge is 0.455 e. The van der Waals surface area contributed by atoms with Gasteiger partial charge in [-0.1, -0.05) is 70.4 Å². The predicted molar refractivity (Wildman–Crippen MR) is 112 cm³/mol. The Morgan fingerprint density at radius 2 is 1.56 bits per heavy atom. The number of hydrogen-bond donors (Lipinski definition) is 0. The number of hydrogen-bond acceptors (Lipinski definition) is 4. The fraction of sp³-hybridized carbons (Fsp3) is 0.826. The summed E-state index contributed by atoms with van der Waals surface area (Å²) in [6.45, 7) is 5.30. The molecule has 0 rings (SSSR count). The summed E-state index contributed by atoms with van der Waals surface area (Å²) in [6, 6.07) is 0. The van der Waals surface area contributed by atoms with E-state index in [1.54, 1.807) is 14.0 Å². The Morgan fingerprint density at radius 1 is 0.926 bits per heavy atom. The SMILES string of the molecule is CCCCCCCC(/C=C/CCCCCCCC(=O)OC(C)C(C)=O)OC. The molecule has 0 bridgehead atoms. The third kappa shape index (κ3) is 16.7. The van der Waals surface area contributed by atoms with E-state index >= 15 is 0 Å². The fourth-order valence-electron chi connectivity index (χ4n) is 2.89. The van der Waals surface area contributed by atoms with Crippen LogP contribution in [0.15, 0.2) is 12.2 Å². The molecule has 0 saturated heterocycles. The Labute approximate surface area is 167 Å². The van der Waals surface area contributed by atoms with Crippen molar-refractivity contribution in [1.82, 2.24) is 0 Å². The maximum Gasteiger partial charge on any atom is 0.306 e. The number of methoxy groups -OCH3 is 1. The summed E-state index contributed by atoms with van der Waals surface area (Å²) in [4.78, 5) is 22.6. The van der Waals surface area contributed by atoms with Crippen LogP contribution in [0.5, 0.6) is 0 Å². The average Bonchev–Trinajstić information content (AvgIpc) is 2.64. The van der Waals surface area contributed by atoms with Crippen LogP contribution < -0.4 is 0 Å². The van der Waals surface area contributed by atoms with Gasteiger partial charge in [0.2, 0.25) is 0 Å². The highest BCUT2D eigenvalue weighted by molar-refractivity contribution is 5.83. The number of unbranched alkanes of at least 4 members (excludes halogenated alkanes) is 9. The van der Waals surface area contributed by atoms with E-state index in [1.807, 2.05) is 0 Å². The number of rotatable bonds is 18. The predicted octanol–water partition coefficient (Wildman–Crippen LogP) is 6.17. The van der Waals surface area contributed by atoms with Gasteiger partial charge in [0.15, 0.2) is 11.9 Å². The van der Waals surface area contributed by atoms with E-state index < -0.39 is 6.10 Å². The van der Waals surface area contributed by atoms with Crippen LogP contribution in [-0.2, 0) is 19.1 Å². The molecule has 0 heterocycles. The number of ketones is 1. The minimum atomic E-state index is -0.614. The topological polar surface area (TPSA) is 52.6 Å². The van der Waals surface area contributed by atoms with Gasteiger partial charge in [0.1, 0.15) is 0 Å². The van der Waals surface area contributed by atoms with E-state index in [9.17, 15) is 9.59 Å². The van der Waals surface area contributed by atoms with Crippen molar-refractivity contribution in [3.63, 3.8) is 0 Å². The molecule has 0 aromatic rings. The molecule has 0 aromatic heterocycles. The molecular formula is C23H42O4. The number of ether oxygens (including phenoxy) is 2. The van der Waals surface area contributed by atoms with Gasteiger partial charge in [-0.3, -0.25) is 9.59 Å². The van der Waals surface area contributed by atoms with Crippen LogP contribution in [0.2, 0.25) is 0 Å². The standard InChI is InChI=1S/C23H42O4/c1-5-6-7-11-14-17-22(26-4)18-15-12-9-8-10-13-16-19-23(25)27-21(3)20(2)24/h15,18,21-22H,5-14,16-17,19H2,1-4H3/b18-15+. The van der Waals surface area contributed by atoms with Crippen LogP contribution >= 0.6 is 0 Å². The second kappa shape index (κ2) is 18.2. The van der Waals surface area contributed by atoms with Crippen LogP contribution in [0.4, 0.5) is 0 Å². The van der Waals surface area contributed by atoms with E-state index in [1.165, 1.54) is 51.9 Å². The highest BCUT2D eigenvalue weighted by Gasteiger charge is 2.12. The van der Waals surface area contributed by atoms with Crippen molar-refractivity contribution in [3.05, 3.63) is 12.2 Å². The van der Waals surface area contributed by atoms with E-state index in [0.29, 0.717) is 6.42 Å². The highest BCUT2D eigenvalue weighted by atomic mass is 16.5. The Morgan fingerprint density at radius 3 is 2.22 bits per heavy atom. The van der Waals surface area contributed by atoms with Gasteiger partial charge >= 0.3 is 5.97 Å². The molecule has 4 nitrogen and oxygen atoms in total. The van der Waals surface area contributed by atoms with Crippen molar-refractivity contribution < 1.29 is 19.1 Å². The van der Waals surface area contributed by atoms with Gasteiger partial charge in [0.25, 0.3) is 0 Å². The first-order chi connectivity index (χ1) is 13.0. The summed E-state index contributed by atoms with van der Waals surface area (Å²) in [5, 5.41) is 0. The van der Waals surface area contributed by atoms with Gasteiger partial charge in [-0.15, -0.1) is 0 Å². The third-order valence-electron chi connectivity index (χ3n) is 4.88. The summed E-state index contributed by atoms with van der Waals surface area (Å²) in [5.41, 5.74) is 0. The number of allylic oxidation sites excluding steroid dienone is 1. The van der Waals surface area contributed by atoms with Gasteiger partial charge < -0.3 is 9.47 Å². The quantitative estimate of drug-likeness (QED) is 0.162. The molecule has 4 heteroatoms. The van der Waals surface area contributed by atoms with Crippen molar-refractivity contribution >= 4 is 11.8 Å². The molecule has 0 N–H and O–H groups in total. The van der Waals surface area contributed by atoms with Gasteiger partial charge in [-0.2, -0.15) is 0 Å². The summed E-state index contributed by atoms with van der Waals surface area (Å²) >= 11 is 0. The molecule has 0 aromatic carbocycles. The minimum Gasteiger partial charge on any atom is -0.455 e. The first-order valence-electron chi connectivity index (χ1n) is 10.9. The summed E-state index contributed by atoms with van der Waals surface area (Å²) < 4.78 is 10.6. The lowest BCUT2D eigenvalue weighted by molar-refractivity contribution is -0.153. The molecule has 0 spiro atoms. The van der Waals surface area contributed by atoms with Crippen molar-refractivity contribution in [2.45, 2.75) is 116 Å². The van der Waals surface area contributed by atoms with Crippen LogP contribution in [0.25, 0.3) is 0 Å². The second-order valence-electron chi connectivity index (χ2n) is 7.45. The molecule has 27 heavy (non-hydrogen) atoms. The van der Waals surface area contributed by atoms with Crippen molar-refractivity contribution in [1.29, 1.82) is 0 Å². The molecular weight excluding hydrogens is 340 g/mol. The maximum atomic E-state index is 11.6. The molecule has 158 valence electrons. The van der Waals surface area contributed by atoms with E-state index in [2.05, 4.69) is 19.1 Å². The molecule has 0 fully saturated rings. The van der Waals surface area contributed by atoms with Crippen molar-refractivity contribution in [2.24, 2.45) is 0 Å². The smallest absolute Gasteiger partial charge is 0.306 e. The minimum absolute atomic E-state index is 0.108. The number of carbonyl (C=O) groups excluding carboxylic acids is 2. The Bertz CT molecular complexity index is 403. The van der Waals surface area contributed by atoms with Gasteiger partial charge in [-0.05, 0) is 39.5 Å². The lowest BCUT2D eigenvalue weighted by Gasteiger charge is -2.10. The zero-order chi connectivity index (χ0) is 20.3. The zero-order valence-electron chi connectivity index (χ0n) is 18.1. The molecule has 2 unspecified atom stereocenters. The molecule has 0 aliphatic rings. The Balaban J connectivity index is 3.57. The molecule has 0 saturated carbocycles. The Kier molecular flexibility index (Phi) is 17.4. The zero-order valence-corrected chi connectivity index (χ0v) is 18.1. The molecule has 0 aliphatic heterocycles. The van der Waals surface area contributed by atoms with Gasteiger partial charge in [0.05, 0.1) is 6.10 Å². The van der Waals surface area contributed by atoms with E-state index in [0.717, 1.165) is 32.1 Å². The van der Waals surface area contributed by atoms with E-state index in [4.69, 9.17) is 9.47 Å². The average molecular weight is 383 g/mol. The van der Waals surface area contributed by atoms with Crippen LogP contribution in [-0.4, -0.2) is 31.1 Å². The number of carbonyl (C=O) groups is 2. The molecule has 0 aliphatic carbocycles. The highest BCUT2D eigenvalue weighted by Crippen LogP contribution is 2.12. The molecule has 0 radical (unpaired) electrons.